The number of ether oxygens (including phenoxy) is 2. The van der Waals surface area contributed by atoms with Gasteiger partial charge in [-0.1, -0.05) is 5.16 Å². The largest absolute Gasteiger partial charge is 0.493 e. The number of oxime groups is 1. The van der Waals surface area contributed by atoms with Gasteiger partial charge < -0.3 is 19.6 Å². The minimum atomic E-state index is -0.927. The Morgan fingerprint density at radius 3 is 2.50 bits per heavy atom. The number of piperidine rings is 2. The number of hydrogen-bond acceptors (Lipinski definition) is 6. The highest BCUT2D eigenvalue weighted by molar-refractivity contribution is 6.05. The SMILES string of the molecule is COc1ccc(C2=NOC(C)(C(=O)[N+]3(C4CCNCC4)CCCCC3)C2)cc1OC1CCCC1. The second-order valence-corrected chi connectivity index (χ2v) is 10.8. The topological polar surface area (TPSA) is 69.2 Å². The van der Waals surface area contributed by atoms with Gasteiger partial charge in [0.2, 0.25) is 0 Å². The monoisotopic (exact) mass is 470 g/mol. The molecule has 3 heterocycles. The maximum atomic E-state index is 14.2. The fourth-order valence-electron chi connectivity index (χ4n) is 6.53. The minimum Gasteiger partial charge on any atom is -0.493 e. The van der Waals surface area contributed by atoms with Crippen molar-refractivity contribution in [3.63, 3.8) is 0 Å². The second-order valence-electron chi connectivity index (χ2n) is 10.8. The smallest absolute Gasteiger partial charge is 0.360 e. The number of nitrogens with zero attached hydrogens (tertiary/aromatic N) is 2. The van der Waals surface area contributed by atoms with Crippen LogP contribution in [0.3, 0.4) is 0 Å². The summed E-state index contributed by atoms with van der Waals surface area (Å²) in [4.78, 5) is 20.2. The minimum absolute atomic E-state index is 0.216. The van der Waals surface area contributed by atoms with Crippen LogP contribution >= 0.6 is 0 Å². The molecule has 1 aliphatic carbocycles. The summed E-state index contributed by atoms with van der Waals surface area (Å²) >= 11 is 0. The normalized spacial score (nSPS) is 27.8. The van der Waals surface area contributed by atoms with Crippen LogP contribution in [0.5, 0.6) is 11.5 Å². The average molecular weight is 471 g/mol. The predicted octanol–water partition coefficient (Wildman–Crippen LogP) is 4.18. The number of carbonyl (C=O) groups is 1. The first-order valence-corrected chi connectivity index (χ1v) is 13.3. The first kappa shape index (κ1) is 23.6. The molecule has 7 heteroatoms. The zero-order chi connectivity index (χ0) is 23.6. The van der Waals surface area contributed by atoms with Gasteiger partial charge in [-0.25, -0.2) is 4.79 Å². The van der Waals surface area contributed by atoms with E-state index in [1.165, 1.54) is 19.3 Å². The standard InChI is InChI=1S/C27H40N3O4/c1-27(26(31)30(16-6-3-7-17-30)21-12-14-28-15-13-21)19-23(29-34-27)20-10-11-24(32-2)25(18-20)33-22-8-4-5-9-22/h10-11,18,21-22,28H,3-9,12-17,19H2,1-2H3/q+1. The summed E-state index contributed by atoms with van der Waals surface area (Å²) in [7, 11) is 1.67. The van der Waals surface area contributed by atoms with Crippen molar-refractivity contribution in [3.8, 4) is 11.5 Å². The van der Waals surface area contributed by atoms with Crippen molar-refractivity contribution < 1.29 is 23.6 Å². The molecule has 2 saturated heterocycles. The van der Waals surface area contributed by atoms with Gasteiger partial charge in [-0.05, 0) is 70.1 Å². The second kappa shape index (κ2) is 9.86. The molecule has 3 aliphatic heterocycles. The summed E-state index contributed by atoms with van der Waals surface area (Å²) < 4.78 is 12.4. The van der Waals surface area contributed by atoms with Gasteiger partial charge in [0.05, 0.1) is 38.1 Å². The van der Waals surface area contributed by atoms with Gasteiger partial charge in [0.25, 0.3) is 5.60 Å². The highest BCUT2D eigenvalue weighted by atomic mass is 16.7. The predicted molar refractivity (Wildman–Crippen MR) is 131 cm³/mol. The summed E-state index contributed by atoms with van der Waals surface area (Å²) in [6, 6.07) is 6.32. The van der Waals surface area contributed by atoms with Crippen LogP contribution in [0.25, 0.3) is 0 Å². The Labute approximate surface area is 203 Å². The van der Waals surface area contributed by atoms with Gasteiger partial charge in [0.1, 0.15) is 0 Å². The Kier molecular flexibility index (Phi) is 6.85. The zero-order valence-corrected chi connectivity index (χ0v) is 20.8. The third kappa shape index (κ3) is 4.44. The van der Waals surface area contributed by atoms with E-state index in [-0.39, 0.29) is 12.0 Å². The number of nitrogens with one attached hydrogen (secondary N) is 1. The van der Waals surface area contributed by atoms with Crippen LogP contribution in [0.15, 0.2) is 23.4 Å². The number of quaternary nitrogens is 1. The van der Waals surface area contributed by atoms with E-state index < -0.39 is 5.60 Å². The lowest BCUT2D eigenvalue weighted by Gasteiger charge is -2.48. The highest BCUT2D eigenvalue weighted by Crippen LogP contribution is 2.39. The van der Waals surface area contributed by atoms with Gasteiger partial charge in [-0.15, -0.1) is 0 Å². The van der Waals surface area contributed by atoms with Gasteiger partial charge in [-0.3, -0.25) is 4.48 Å². The summed E-state index contributed by atoms with van der Waals surface area (Å²) in [5.74, 6) is 1.70. The Bertz CT molecular complexity index is 914. The van der Waals surface area contributed by atoms with Crippen LogP contribution in [0.2, 0.25) is 0 Å². The van der Waals surface area contributed by atoms with E-state index in [2.05, 4.69) is 10.5 Å². The van der Waals surface area contributed by atoms with Gasteiger partial charge in [0.15, 0.2) is 11.5 Å². The maximum absolute atomic E-state index is 14.2. The molecule has 3 fully saturated rings. The Morgan fingerprint density at radius 2 is 1.79 bits per heavy atom. The van der Waals surface area contributed by atoms with Crippen molar-refractivity contribution in [2.75, 3.05) is 33.3 Å². The van der Waals surface area contributed by atoms with Crippen molar-refractivity contribution in [3.05, 3.63) is 23.8 Å². The van der Waals surface area contributed by atoms with E-state index >= 15 is 0 Å². The summed E-state index contributed by atoms with van der Waals surface area (Å²) in [5.41, 5.74) is 0.830. The number of amides is 1. The first-order valence-electron chi connectivity index (χ1n) is 13.3. The molecule has 1 amide bonds. The van der Waals surface area contributed by atoms with Crippen LogP contribution in [0, 0.1) is 0 Å². The van der Waals surface area contributed by atoms with Crippen molar-refractivity contribution in [1.29, 1.82) is 0 Å². The molecule has 1 saturated carbocycles. The number of hydrogen-bond donors (Lipinski definition) is 1. The first-order chi connectivity index (χ1) is 16.5. The number of likely N-dealkylation sites (tertiary alicyclic amines) is 1. The van der Waals surface area contributed by atoms with E-state index in [4.69, 9.17) is 14.3 Å². The lowest BCUT2D eigenvalue weighted by Crippen LogP contribution is -2.68. The number of methoxy groups -OCH3 is 1. The van der Waals surface area contributed by atoms with Crippen molar-refractivity contribution in [2.24, 2.45) is 5.16 Å². The molecule has 34 heavy (non-hydrogen) atoms. The van der Waals surface area contributed by atoms with Gasteiger partial charge in [0, 0.05) is 37.9 Å². The molecule has 0 bridgehead atoms. The number of rotatable bonds is 6. The van der Waals surface area contributed by atoms with Crippen LogP contribution in [-0.4, -0.2) is 67.1 Å². The molecular weight excluding hydrogens is 430 g/mol. The Balaban J connectivity index is 1.36. The molecule has 1 aromatic rings. The fraction of sp³-hybridized carbons (Fsp3) is 0.704. The van der Waals surface area contributed by atoms with E-state index in [0.29, 0.717) is 16.9 Å². The third-order valence-corrected chi connectivity index (χ3v) is 8.43. The Morgan fingerprint density at radius 1 is 1.06 bits per heavy atom. The molecule has 1 N–H and O–H groups in total. The van der Waals surface area contributed by atoms with Crippen LogP contribution in [0.4, 0.5) is 0 Å². The molecular formula is C27H40N3O4+. The van der Waals surface area contributed by atoms with Crippen LogP contribution in [0.1, 0.15) is 76.7 Å². The molecule has 1 aromatic carbocycles. The summed E-state index contributed by atoms with van der Waals surface area (Å²) in [6.07, 6.45) is 10.9. The summed E-state index contributed by atoms with van der Waals surface area (Å²) in [6.45, 7) is 5.79. The molecule has 1 atom stereocenters. The molecule has 0 radical (unpaired) electrons. The van der Waals surface area contributed by atoms with Gasteiger partial charge in [-0.2, -0.15) is 0 Å². The fourth-order valence-corrected chi connectivity index (χ4v) is 6.53. The molecule has 186 valence electrons. The van der Waals surface area contributed by atoms with Crippen molar-refractivity contribution >= 4 is 11.6 Å². The molecule has 7 nitrogen and oxygen atoms in total. The molecule has 4 aliphatic rings. The van der Waals surface area contributed by atoms with E-state index in [9.17, 15) is 4.79 Å². The van der Waals surface area contributed by atoms with E-state index in [0.717, 1.165) is 87.5 Å². The molecule has 0 spiro atoms. The van der Waals surface area contributed by atoms with Gasteiger partial charge >= 0.3 is 5.91 Å². The lowest BCUT2D eigenvalue weighted by atomic mass is 9.88. The molecule has 0 aromatic heterocycles. The number of benzene rings is 1. The van der Waals surface area contributed by atoms with Crippen LogP contribution in [-0.2, 0) is 9.63 Å². The van der Waals surface area contributed by atoms with Crippen molar-refractivity contribution in [2.45, 2.75) is 88.9 Å². The quantitative estimate of drug-likeness (QED) is 0.632. The third-order valence-electron chi connectivity index (χ3n) is 8.43. The number of carbonyl (C=O) groups excluding carboxylic acids is 1. The van der Waals surface area contributed by atoms with E-state index in [1.54, 1.807) is 7.11 Å². The average Bonchev–Trinajstić information content (AvgIpc) is 3.55. The summed E-state index contributed by atoms with van der Waals surface area (Å²) in [5, 5.41) is 7.92. The highest BCUT2D eigenvalue weighted by Gasteiger charge is 2.57. The molecule has 1 unspecified atom stereocenters. The van der Waals surface area contributed by atoms with E-state index in [1.807, 2.05) is 25.1 Å². The molecule has 5 rings (SSSR count). The maximum Gasteiger partial charge on any atom is 0.360 e. The lowest BCUT2D eigenvalue weighted by molar-refractivity contribution is -0.888. The Hall–Kier alpha value is -2.12. The zero-order valence-electron chi connectivity index (χ0n) is 20.8. The van der Waals surface area contributed by atoms with Crippen LogP contribution < -0.4 is 14.8 Å². The van der Waals surface area contributed by atoms with Crippen molar-refractivity contribution in [1.82, 2.24) is 5.32 Å².